The van der Waals surface area contributed by atoms with Gasteiger partial charge in [0.1, 0.15) is 0 Å². The first-order valence-electron chi connectivity index (χ1n) is 3.40. The van der Waals surface area contributed by atoms with Crippen molar-refractivity contribution >= 4 is 0 Å². The molecule has 0 saturated carbocycles. The molecule has 0 aliphatic heterocycles. The Morgan fingerprint density at radius 3 is 3.44 bits per heavy atom. The van der Waals surface area contributed by atoms with Gasteiger partial charge in [-0.05, 0) is 24.3 Å². The van der Waals surface area contributed by atoms with Gasteiger partial charge >= 0.3 is 0 Å². The van der Waals surface area contributed by atoms with Crippen molar-refractivity contribution in [3.05, 3.63) is 17.5 Å². The number of fused-ring (bicyclic) bond motifs is 1. The van der Waals surface area contributed by atoms with Gasteiger partial charge in [0.05, 0.1) is 6.20 Å². The van der Waals surface area contributed by atoms with E-state index in [2.05, 4.69) is 17.1 Å². The summed E-state index contributed by atoms with van der Waals surface area (Å²) in [6.45, 7) is 2.25. The lowest BCUT2D eigenvalue weighted by atomic mass is 10.1. The summed E-state index contributed by atoms with van der Waals surface area (Å²) in [6.07, 6.45) is 4.44. The van der Waals surface area contributed by atoms with Crippen molar-refractivity contribution < 1.29 is 0 Å². The van der Waals surface area contributed by atoms with Gasteiger partial charge in [-0.25, -0.2) is 0 Å². The second kappa shape index (κ2) is 1.59. The maximum absolute atomic E-state index is 3.97. The summed E-state index contributed by atoms with van der Waals surface area (Å²) in [5.41, 5.74) is 2.78. The van der Waals surface area contributed by atoms with Crippen LogP contribution in [-0.4, -0.2) is 10.2 Å². The Hall–Kier alpha value is -0.790. The predicted octanol–water partition coefficient (Wildman–Crippen LogP) is 1.46. The number of hydrogen-bond donors (Lipinski definition) is 1. The van der Waals surface area contributed by atoms with Gasteiger partial charge in [0, 0.05) is 5.69 Å². The Morgan fingerprint density at radius 2 is 2.67 bits per heavy atom. The normalized spacial score (nSPS) is 24.3. The molecule has 1 aliphatic carbocycles. The lowest BCUT2D eigenvalue weighted by molar-refractivity contribution is 0.734. The van der Waals surface area contributed by atoms with Crippen molar-refractivity contribution in [2.45, 2.75) is 25.7 Å². The van der Waals surface area contributed by atoms with Crippen molar-refractivity contribution in [2.24, 2.45) is 0 Å². The van der Waals surface area contributed by atoms with Crippen molar-refractivity contribution in [1.29, 1.82) is 0 Å². The number of hydrogen-bond acceptors (Lipinski definition) is 1. The number of nitrogens with zero attached hydrogens (tertiary/aromatic N) is 1. The summed E-state index contributed by atoms with van der Waals surface area (Å²) < 4.78 is 0. The summed E-state index contributed by atoms with van der Waals surface area (Å²) in [5, 5.41) is 6.97. The molecule has 1 aromatic rings. The van der Waals surface area contributed by atoms with Crippen LogP contribution in [0.25, 0.3) is 0 Å². The van der Waals surface area contributed by atoms with E-state index in [1.807, 2.05) is 6.20 Å². The highest BCUT2D eigenvalue weighted by atomic mass is 15.1. The standard InChI is InChI=1S/C7H10N2/c1-5-2-3-7-6(5)4-8-9-7/h4-5H,2-3H2,1H3,(H,8,9). The molecule has 9 heavy (non-hydrogen) atoms. The highest BCUT2D eigenvalue weighted by Crippen LogP contribution is 2.30. The third-order valence-electron chi connectivity index (χ3n) is 2.11. The summed E-state index contributed by atoms with van der Waals surface area (Å²) in [6, 6.07) is 0. The Balaban J connectivity index is 2.49. The summed E-state index contributed by atoms with van der Waals surface area (Å²) in [5.74, 6) is 0.735. The Morgan fingerprint density at radius 1 is 1.78 bits per heavy atom. The summed E-state index contributed by atoms with van der Waals surface area (Å²) in [7, 11) is 0. The minimum Gasteiger partial charge on any atom is -0.282 e. The molecule has 2 nitrogen and oxygen atoms in total. The molecule has 1 heterocycles. The second-order valence-electron chi connectivity index (χ2n) is 2.74. The van der Waals surface area contributed by atoms with Gasteiger partial charge in [-0.2, -0.15) is 5.10 Å². The van der Waals surface area contributed by atoms with Gasteiger partial charge in [0.25, 0.3) is 0 Å². The number of aryl methyl sites for hydroxylation is 1. The quantitative estimate of drug-likeness (QED) is 0.554. The molecule has 0 aromatic carbocycles. The van der Waals surface area contributed by atoms with Crippen LogP contribution in [0.15, 0.2) is 6.20 Å². The van der Waals surface area contributed by atoms with E-state index in [0.29, 0.717) is 0 Å². The Kier molecular flexibility index (Phi) is 0.891. The van der Waals surface area contributed by atoms with Gasteiger partial charge in [0.15, 0.2) is 0 Å². The van der Waals surface area contributed by atoms with Crippen LogP contribution in [0.3, 0.4) is 0 Å². The van der Waals surface area contributed by atoms with E-state index in [4.69, 9.17) is 0 Å². The third kappa shape index (κ3) is 0.590. The number of aromatic nitrogens is 2. The van der Waals surface area contributed by atoms with Crippen LogP contribution in [0, 0.1) is 0 Å². The van der Waals surface area contributed by atoms with E-state index in [0.717, 1.165) is 5.92 Å². The average Bonchev–Trinajstić information content (AvgIpc) is 2.35. The minimum absolute atomic E-state index is 0.735. The molecule has 1 atom stereocenters. The van der Waals surface area contributed by atoms with Crippen LogP contribution in [0.1, 0.15) is 30.5 Å². The number of rotatable bonds is 0. The van der Waals surface area contributed by atoms with Gasteiger partial charge in [0.2, 0.25) is 0 Å². The average molecular weight is 122 g/mol. The molecular weight excluding hydrogens is 112 g/mol. The lowest BCUT2D eigenvalue weighted by Crippen LogP contribution is -1.81. The molecule has 0 amide bonds. The van der Waals surface area contributed by atoms with Crippen LogP contribution in [0.5, 0.6) is 0 Å². The largest absolute Gasteiger partial charge is 0.282 e. The highest BCUT2D eigenvalue weighted by molar-refractivity contribution is 5.25. The third-order valence-corrected chi connectivity index (χ3v) is 2.11. The van der Waals surface area contributed by atoms with E-state index < -0.39 is 0 Å². The van der Waals surface area contributed by atoms with Crippen LogP contribution in [-0.2, 0) is 6.42 Å². The van der Waals surface area contributed by atoms with Gasteiger partial charge < -0.3 is 0 Å². The van der Waals surface area contributed by atoms with Crippen LogP contribution < -0.4 is 0 Å². The zero-order valence-corrected chi connectivity index (χ0v) is 5.52. The molecule has 2 heteroatoms. The first kappa shape index (κ1) is 5.03. The first-order chi connectivity index (χ1) is 4.38. The fraction of sp³-hybridized carbons (Fsp3) is 0.571. The maximum Gasteiger partial charge on any atom is 0.0524 e. The highest BCUT2D eigenvalue weighted by Gasteiger charge is 2.19. The fourth-order valence-corrected chi connectivity index (χ4v) is 1.46. The monoisotopic (exact) mass is 122 g/mol. The molecule has 1 aromatic heterocycles. The van der Waals surface area contributed by atoms with Gasteiger partial charge in [-0.15, -0.1) is 0 Å². The van der Waals surface area contributed by atoms with E-state index >= 15 is 0 Å². The van der Waals surface area contributed by atoms with Gasteiger partial charge in [-0.1, -0.05) is 6.92 Å². The number of H-pyrrole nitrogens is 1. The van der Waals surface area contributed by atoms with E-state index in [-0.39, 0.29) is 0 Å². The molecular formula is C7H10N2. The van der Waals surface area contributed by atoms with Crippen LogP contribution in [0.4, 0.5) is 0 Å². The Bertz CT molecular complexity index is 214. The first-order valence-corrected chi connectivity index (χ1v) is 3.40. The van der Waals surface area contributed by atoms with Crippen molar-refractivity contribution in [2.75, 3.05) is 0 Å². The number of nitrogens with one attached hydrogen (secondary N) is 1. The maximum atomic E-state index is 3.97. The van der Waals surface area contributed by atoms with E-state index in [1.54, 1.807) is 0 Å². The van der Waals surface area contributed by atoms with Crippen molar-refractivity contribution in [3.8, 4) is 0 Å². The zero-order valence-electron chi connectivity index (χ0n) is 5.52. The second-order valence-corrected chi connectivity index (χ2v) is 2.74. The van der Waals surface area contributed by atoms with Crippen molar-refractivity contribution in [1.82, 2.24) is 10.2 Å². The molecule has 1 N–H and O–H groups in total. The zero-order chi connectivity index (χ0) is 6.27. The molecule has 1 aliphatic rings. The predicted molar refractivity (Wildman–Crippen MR) is 35.3 cm³/mol. The molecule has 0 spiro atoms. The fourth-order valence-electron chi connectivity index (χ4n) is 1.46. The van der Waals surface area contributed by atoms with E-state index in [9.17, 15) is 0 Å². The summed E-state index contributed by atoms with van der Waals surface area (Å²) >= 11 is 0. The van der Waals surface area contributed by atoms with Crippen molar-refractivity contribution in [3.63, 3.8) is 0 Å². The summed E-state index contributed by atoms with van der Waals surface area (Å²) in [4.78, 5) is 0. The topological polar surface area (TPSA) is 28.7 Å². The van der Waals surface area contributed by atoms with Crippen LogP contribution in [0.2, 0.25) is 0 Å². The molecule has 0 fully saturated rings. The molecule has 0 saturated heterocycles. The molecule has 2 rings (SSSR count). The Labute approximate surface area is 54.3 Å². The SMILES string of the molecule is CC1CCc2[nH]ncc21. The smallest absolute Gasteiger partial charge is 0.0524 e. The van der Waals surface area contributed by atoms with Crippen LogP contribution >= 0.6 is 0 Å². The molecule has 48 valence electrons. The lowest BCUT2D eigenvalue weighted by Gasteiger charge is -1.95. The minimum atomic E-state index is 0.735. The molecule has 0 radical (unpaired) electrons. The molecule has 1 unspecified atom stereocenters. The molecule has 0 bridgehead atoms. The van der Waals surface area contributed by atoms with E-state index in [1.165, 1.54) is 24.1 Å². The van der Waals surface area contributed by atoms with Gasteiger partial charge in [-0.3, -0.25) is 5.10 Å². The number of aromatic amines is 1.